The van der Waals surface area contributed by atoms with E-state index in [2.05, 4.69) is 0 Å². The first kappa shape index (κ1) is 30.2. The Morgan fingerprint density at radius 1 is 0.638 bits per heavy atom. The molecule has 1 fully saturated rings. The van der Waals surface area contributed by atoms with Gasteiger partial charge in [-0.2, -0.15) is 0 Å². The average molecular weight is 643 g/mol. The van der Waals surface area contributed by atoms with Crippen LogP contribution in [-0.2, 0) is 4.74 Å². The molecule has 6 aromatic rings. The van der Waals surface area contributed by atoms with Crippen LogP contribution >= 0.6 is 0 Å². The maximum Gasteiger partial charge on any atom is 0.379 e. The van der Waals surface area contributed by atoms with Crippen molar-refractivity contribution in [1.29, 1.82) is 0 Å². The molecular weight excluding hydrogens is 616 g/mol. The SMILES string of the molecule is COc1ccc2cc(Oc3ccc4ccc(=O)oc4c3)c(=O)oc2c1-c1c(OC2OC(C)C(O)C(O)C2O)ccc2ccc(=O)oc12. The first-order valence-electron chi connectivity index (χ1n) is 14.4. The van der Waals surface area contributed by atoms with Crippen molar-refractivity contribution in [2.45, 2.75) is 37.6 Å². The second kappa shape index (κ2) is 11.7. The van der Waals surface area contributed by atoms with Gasteiger partial charge in [-0.3, -0.25) is 0 Å². The number of hydrogen-bond donors (Lipinski definition) is 3. The molecule has 1 aliphatic rings. The minimum atomic E-state index is -1.65. The number of aliphatic hydroxyl groups excluding tert-OH is 3. The highest BCUT2D eigenvalue weighted by Crippen LogP contribution is 2.46. The molecule has 0 radical (unpaired) electrons. The third-order valence-corrected chi connectivity index (χ3v) is 7.93. The molecule has 7 rings (SSSR count). The maximum atomic E-state index is 13.4. The monoisotopic (exact) mass is 642 g/mol. The largest absolute Gasteiger partial charge is 0.496 e. The molecule has 13 heteroatoms. The van der Waals surface area contributed by atoms with E-state index in [-0.39, 0.29) is 50.9 Å². The molecule has 3 aromatic carbocycles. The van der Waals surface area contributed by atoms with Crippen molar-refractivity contribution in [2.75, 3.05) is 7.11 Å². The molecule has 13 nitrogen and oxygen atoms in total. The van der Waals surface area contributed by atoms with Crippen molar-refractivity contribution in [1.82, 2.24) is 0 Å². The predicted octanol–water partition coefficient (Wildman–Crippen LogP) is 3.68. The molecule has 4 heterocycles. The number of aliphatic hydroxyl groups is 3. The Balaban J connectivity index is 1.39. The zero-order valence-electron chi connectivity index (χ0n) is 24.7. The van der Waals surface area contributed by atoms with E-state index in [0.29, 0.717) is 16.2 Å². The van der Waals surface area contributed by atoms with Gasteiger partial charge in [0.1, 0.15) is 46.7 Å². The fourth-order valence-electron chi connectivity index (χ4n) is 5.54. The Bertz CT molecular complexity index is 2340. The minimum absolute atomic E-state index is 0.0121. The molecule has 0 spiro atoms. The van der Waals surface area contributed by atoms with Gasteiger partial charge in [-0.05, 0) is 61.5 Å². The summed E-state index contributed by atoms with van der Waals surface area (Å²) in [7, 11) is 1.40. The topological polar surface area (TPSA) is 188 Å². The number of rotatable bonds is 6. The van der Waals surface area contributed by atoms with E-state index in [0.717, 1.165) is 0 Å². The van der Waals surface area contributed by atoms with Gasteiger partial charge in [-0.15, -0.1) is 0 Å². The summed E-state index contributed by atoms with van der Waals surface area (Å²) in [6.45, 7) is 1.51. The van der Waals surface area contributed by atoms with Gasteiger partial charge < -0.3 is 47.5 Å². The van der Waals surface area contributed by atoms with Crippen LogP contribution in [0.3, 0.4) is 0 Å². The van der Waals surface area contributed by atoms with E-state index in [1.165, 1.54) is 50.4 Å². The Labute approximate surface area is 263 Å². The van der Waals surface area contributed by atoms with E-state index >= 15 is 0 Å². The van der Waals surface area contributed by atoms with Crippen LogP contribution in [0.1, 0.15) is 6.92 Å². The van der Waals surface area contributed by atoms with E-state index in [1.807, 2.05) is 0 Å². The van der Waals surface area contributed by atoms with E-state index < -0.39 is 47.6 Å². The molecule has 1 aliphatic heterocycles. The molecule has 47 heavy (non-hydrogen) atoms. The summed E-state index contributed by atoms with van der Waals surface area (Å²) < 4.78 is 39.9. The number of ether oxygens (including phenoxy) is 4. The summed E-state index contributed by atoms with van der Waals surface area (Å²) >= 11 is 0. The lowest BCUT2D eigenvalue weighted by Gasteiger charge is -2.39. The van der Waals surface area contributed by atoms with Crippen molar-refractivity contribution < 1.29 is 47.5 Å². The Morgan fingerprint density at radius 2 is 1.28 bits per heavy atom. The van der Waals surface area contributed by atoms with Crippen molar-refractivity contribution >= 4 is 32.9 Å². The van der Waals surface area contributed by atoms with Crippen molar-refractivity contribution in [2.24, 2.45) is 0 Å². The van der Waals surface area contributed by atoms with Gasteiger partial charge in [-0.25, -0.2) is 14.4 Å². The fourth-order valence-corrected chi connectivity index (χ4v) is 5.54. The first-order chi connectivity index (χ1) is 22.6. The zero-order chi connectivity index (χ0) is 33.0. The Hall–Kier alpha value is -5.47. The van der Waals surface area contributed by atoms with Gasteiger partial charge >= 0.3 is 16.9 Å². The zero-order valence-corrected chi connectivity index (χ0v) is 24.7. The molecule has 3 N–H and O–H groups in total. The molecule has 0 aliphatic carbocycles. The predicted molar refractivity (Wildman–Crippen MR) is 166 cm³/mol. The smallest absolute Gasteiger partial charge is 0.379 e. The summed E-state index contributed by atoms with van der Waals surface area (Å²) in [5, 5.41) is 32.8. The van der Waals surface area contributed by atoms with Crippen LogP contribution < -0.4 is 31.1 Å². The summed E-state index contributed by atoms with van der Waals surface area (Å²) in [6.07, 6.45) is -6.94. The first-order valence-corrected chi connectivity index (χ1v) is 14.4. The summed E-state index contributed by atoms with van der Waals surface area (Å²) in [4.78, 5) is 37.5. The summed E-state index contributed by atoms with van der Waals surface area (Å²) in [6, 6.07) is 18.2. The highest BCUT2D eigenvalue weighted by molar-refractivity contribution is 6.05. The highest BCUT2D eigenvalue weighted by Gasteiger charge is 2.43. The van der Waals surface area contributed by atoms with Crippen molar-refractivity contribution in [3.63, 3.8) is 0 Å². The summed E-state index contributed by atoms with van der Waals surface area (Å²) in [5.41, 5.74) is -1.49. The van der Waals surface area contributed by atoms with E-state index in [1.54, 1.807) is 36.4 Å². The molecule has 1 saturated heterocycles. The van der Waals surface area contributed by atoms with Crippen LogP contribution in [0.15, 0.2) is 100 Å². The van der Waals surface area contributed by atoms with Gasteiger partial charge in [0.15, 0.2) is 5.58 Å². The lowest BCUT2D eigenvalue weighted by atomic mass is 9.97. The van der Waals surface area contributed by atoms with Crippen molar-refractivity contribution in [3.8, 4) is 34.1 Å². The second-order valence-corrected chi connectivity index (χ2v) is 10.9. The maximum absolute atomic E-state index is 13.4. The van der Waals surface area contributed by atoms with Crippen LogP contribution in [0.4, 0.5) is 0 Å². The Kier molecular flexibility index (Phi) is 7.53. The van der Waals surface area contributed by atoms with Gasteiger partial charge in [0.25, 0.3) is 0 Å². The standard InChI is InChI=1S/C34H26O13/c1-15-28(37)29(38)30(39)34(42-15)45-21-10-4-17-7-12-25(36)46-31(17)27(21)26-20(41-2)9-5-18-13-23(33(40)47-32(18)26)43-19-8-3-16-6-11-24(35)44-22(16)14-19/h3-15,28-30,34,37-39H,1-2H3. The molecular formula is C34H26O13. The normalized spacial score (nSPS) is 21.3. The van der Waals surface area contributed by atoms with Gasteiger partial charge in [-0.1, -0.05) is 0 Å². The molecule has 0 saturated carbocycles. The lowest BCUT2D eigenvalue weighted by Crippen LogP contribution is -2.58. The molecule has 240 valence electrons. The second-order valence-electron chi connectivity index (χ2n) is 10.9. The number of benzene rings is 3. The Morgan fingerprint density at radius 3 is 2.06 bits per heavy atom. The van der Waals surface area contributed by atoms with E-state index in [9.17, 15) is 29.7 Å². The number of methoxy groups -OCH3 is 1. The van der Waals surface area contributed by atoms with Gasteiger partial charge in [0, 0.05) is 34.4 Å². The third kappa shape index (κ3) is 5.40. The number of fused-ring (bicyclic) bond motifs is 3. The molecule has 3 aromatic heterocycles. The summed E-state index contributed by atoms with van der Waals surface area (Å²) in [5.74, 6) is 0.258. The molecule has 5 atom stereocenters. The van der Waals surface area contributed by atoms with Crippen LogP contribution in [0.25, 0.3) is 44.0 Å². The van der Waals surface area contributed by atoms with Crippen LogP contribution in [0, 0.1) is 0 Å². The lowest BCUT2D eigenvalue weighted by molar-refractivity contribution is -0.268. The average Bonchev–Trinajstić information content (AvgIpc) is 3.06. The van der Waals surface area contributed by atoms with Crippen LogP contribution in [-0.4, -0.2) is 53.1 Å². The third-order valence-electron chi connectivity index (χ3n) is 7.93. The minimum Gasteiger partial charge on any atom is -0.496 e. The van der Waals surface area contributed by atoms with Crippen LogP contribution in [0.2, 0.25) is 0 Å². The van der Waals surface area contributed by atoms with Gasteiger partial charge in [0.05, 0.1) is 24.3 Å². The van der Waals surface area contributed by atoms with E-state index in [4.69, 9.17) is 32.2 Å². The quantitative estimate of drug-likeness (QED) is 0.223. The van der Waals surface area contributed by atoms with Crippen molar-refractivity contribution in [3.05, 3.63) is 104 Å². The molecule has 5 unspecified atom stereocenters. The highest BCUT2D eigenvalue weighted by atomic mass is 16.7. The number of hydrogen-bond acceptors (Lipinski definition) is 13. The molecule has 0 amide bonds. The van der Waals surface area contributed by atoms with Gasteiger partial charge in [0.2, 0.25) is 12.0 Å². The molecule has 0 bridgehead atoms. The fraction of sp³-hybridized carbons (Fsp3) is 0.206. The van der Waals surface area contributed by atoms with Crippen LogP contribution in [0.5, 0.6) is 23.0 Å².